The highest BCUT2D eigenvalue weighted by molar-refractivity contribution is 9.10. The molecule has 0 aliphatic carbocycles. The lowest BCUT2D eigenvalue weighted by Crippen LogP contribution is -2.12. The van der Waals surface area contributed by atoms with E-state index < -0.39 is 0 Å². The Bertz CT molecular complexity index is 601. The predicted molar refractivity (Wildman–Crippen MR) is 75.7 cm³/mol. The smallest absolute Gasteiger partial charge is 0.137 e. The molecule has 3 N–H and O–H groups in total. The van der Waals surface area contributed by atoms with Crippen LogP contribution in [-0.4, -0.2) is 5.84 Å². The van der Waals surface area contributed by atoms with E-state index in [1.807, 2.05) is 12.1 Å². The van der Waals surface area contributed by atoms with E-state index in [4.69, 9.17) is 11.1 Å². The maximum atomic E-state index is 13.6. The number of hydrogen-bond acceptors (Lipinski definition) is 2. The minimum Gasteiger partial charge on any atom is -0.384 e. The molecule has 5 heteroatoms. The zero-order valence-electron chi connectivity index (χ0n) is 9.28. The lowest BCUT2D eigenvalue weighted by atomic mass is 10.2. The van der Waals surface area contributed by atoms with E-state index in [1.54, 1.807) is 24.3 Å². The molecule has 2 rings (SSSR count). The first kappa shape index (κ1) is 13.1. The number of rotatable bonds is 3. The lowest BCUT2D eigenvalue weighted by molar-refractivity contribution is 0.602. The largest absolute Gasteiger partial charge is 0.384 e. The Morgan fingerprint density at radius 1 is 1.17 bits per heavy atom. The number of nitrogen functional groups attached to an aromatic ring is 1. The van der Waals surface area contributed by atoms with Crippen LogP contribution in [0.2, 0.25) is 0 Å². The molecule has 18 heavy (non-hydrogen) atoms. The van der Waals surface area contributed by atoms with Crippen molar-refractivity contribution in [2.24, 2.45) is 5.73 Å². The maximum Gasteiger partial charge on any atom is 0.137 e. The van der Waals surface area contributed by atoms with Gasteiger partial charge in [0.2, 0.25) is 0 Å². The van der Waals surface area contributed by atoms with Crippen molar-refractivity contribution < 1.29 is 4.39 Å². The maximum absolute atomic E-state index is 13.6. The van der Waals surface area contributed by atoms with E-state index in [0.29, 0.717) is 10.5 Å². The van der Waals surface area contributed by atoms with Crippen LogP contribution >= 0.6 is 27.7 Å². The highest BCUT2D eigenvalue weighted by Gasteiger charge is 2.10. The van der Waals surface area contributed by atoms with Crippen LogP contribution in [0.3, 0.4) is 0 Å². The Morgan fingerprint density at radius 2 is 1.89 bits per heavy atom. The van der Waals surface area contributed by atoms with Crippen molar-refractivity contribution >= 4 is 33.5 Å². The van der Waals surface area contributed by atoms with Crippen molar-refractivity contribution in [2.45, 2.75) is 9.79 Å². The second kappa shape index (κ2) is 5.54. The molecule has 2 nitrogen and oxygen atoms in total. The summed E-state index contributed by atoms with van der Waals surface area (Å²) in [6.07, 6.45) is 0. The number of hydrogen-bond donors (Lipinski definition) is 2. The fourth-order valence-corrected chi connectivity index (χ4v) is 2.77. The molecule has 0 saturated heterocycles. The SMILES string of the molecule is N=C(N)c1cc(Br)ccc1Sc1ccccc1F. The first-order valence-electron chi connectivity index (χ1n) is 5.14. The Kier molecular flexibility index (Phi) is 4.04. The van der Waals surface area contributed by atoms with Crippen molar-refractivity contribution in [2.75, 3.05) is 0 Å². The second-order valence-corrected chi connectivity index (χ2v) is 5.59. The minimum absolute atomic E-state index is 0.0323. The third-order valence-corrected chi connectivity index (χ3v) is 3.91. The molecule has 0 spiro atoms. The molecular weight excluding hydrogens is 315 g/mol. The van der Waals surface area contributed by atoms with Crippen molar-refractivity contribution in [1.29, 1.82) is 5.41 Å². The van der Waals surface area contributed by atoms with Gasteiger partial charge in [0.05, 0.1) is 0 Å². The normalized spacial score (nSPS) is 10.3. The van der Waals surface area contributed by atoms with E-state index in [-0.39, 0.29) is 11.7 Å². The van der Waals surface area contributed by atoms with Gasteiger partial charge >= 0.3 is 0 Å². The van der Waals surface area contributed by atoms with Crippen molar-refractivity contribution in [3.05, 3.63) is 58.3 Å². The molecule has 0 aliphatic rings. The van der Waals surface area contributed by atoms with Crippen LogP contribution in [0.25, 0.3) is 0 Å². The fraction of sp³-hybridized carbons (Fsp3) is 0. The predicted octanol–water partition coefficient (Wildman–Crippen LogP) is 4.02. The molecule has 0 unspecified atom stereocenters. The van der Waals surface area contributed by atoms with Gasteiger partial charge in [0.1, 0.15) is 11.7 Å². The van der Waals surface area contributed by atoms with Gasteiger partial charge in [-0.25, -0.2) is 4.39 Å². The van der Waals surface area contributed by atoms with Crippen LogP contribution < -0.4 is 5.73 Å². The summed E-state index contributed by atoms with van der Waals surface area (Å²) in [7, 11) is 0. The third kappa shape index (κ3) is 2.91. The van der Waals surface area contributed by atoms with Gasteiger partial charge in [0.15, 0.2) is 0 Å². The quantitative estimate of drug-likeness (QED) is 0.661. The van der Waals surface area contributed by atoms with E-state index >= 15 is 0 Å². The third-order valence-electron chi connectivity index (χ3n) is 2.29. The lowest BCUT2D eigenvalue weighted by Gasteiger charge is -2.09. The molecule has 0 bridgehead atoms. The van der Waals surface area contributed by atoms with Crippen LogP contribution in [0.4, 0.5) is 4.39 Å². The number of halogens is 2. The van der Waals surface area contributed by atoms with Crippen LogP contribution in [-0.2, 0) is 0 Å². The van der Waals surface area contributed by atoms with E-state index in [1.165, 1.54) is 17.8 Å². The summed E-state index contributed by atoms with van der Waals surface area (Å²) in [5, 5.41) is 7.54. The van der Waals surface area contributed by atoms with Gasteiger partial charge in [-0.3, -0.25) is 5.41 Å². The van der Waals surface area contributed by atoms with E-state index in [2.05, 4.69) is 15.9 Å². The molecule has 0 aromatic heterocycles. The molecule has 2 aromatic rings. The number of nitrogens with one attached hydrogen (secondary N) is 1. The summed E-state index contributed by atoms with van der Waals surface area (Å²) in [5.41, 5.74) is 6.13. The highest BCUT2D eigenvalue weighted by atomic mass is 79.9. The number of amidine groups is 1. The van der Waals surface area contributed by atoms with Gasteiger partial charge in [0.25, 0.3) is 0 Å². The molecule has 0 heterocycles. The summed E-state index contributed by atoms with van der Waals surface area (Å²) >= 11 is 4.59. The minimum atomic E-state index is -0.278. The zero-order valence-corrected chi connectivity index (χ0v) is 11.7. The van der Waals surface area contributed by atoms with Gasteiger partial charge in [-0.2, -0.15) is 0 Å². The fourth-order valence-electron chi connectivity index (χ4n) is 1.45. The zero-order chi connectivity index (χ0) is 13.1. The molecule has 0 aliphatic heterocycles. The van der Waals surface area contributed by atoms with Crippen molar-refractivity contribution in [3.63, 3.8) is 0 Å². The van der Waals surface area contributed by atoms with Gasteiger partial charge in [-0.15, -0.1) is 0 Å². The summed E-state index contributed by atoms with van der Waals surface area (Å²) < 4.78 is 14.4. The first-order valence-corrected chi connectivity index (χ1v) is 6.75. The molecule has 0 radical (unpaired) electrons. The van der Waals surface area contributed by atoms with Crippen molar-refractivity contribution in [1.82, 2.24) is 0 Å². The molecule has 92 valence electrons. The van der Waals surface area contributed by atoms with Crippen LogP contribution in [0.1, 0.15) is 5.56 Å². The average molecular weight is 325 g/mol. The van der Waals surface area contributed by atoms with Gasteiger partial charge in [-0.1, -0.05) is 39.8 Å². The van der Waals surface area contributed by atoms with Crippen LogP contribution in [0, 0.1) is 11.2 Å². The molecule has 0 amide bonds. The molecular formula is C13H10BrFN2S. The molecule has 2 aromatic carbocycles. The van der Waals surface area contributed by atoms with Gasteiger partial charge < -0.3 is 5.73 Å². The Labute approximate surface area is 117 Å². The monoisotopic (exact) mass is 324 g/mol. The average Bonchev–Trinajstić information content (AvgIpc) is 2.34. The topological polar surface area (TPSA) is 49.9 Å². The first-order chi connectivity index (χ1) is 8.58. The van der Waals surface area contributed by atoms with E-state index in [9.17, 15) is 4.39 Å². The van der Waals surface area contributed by atoms with Gasteiger partial charge in [-0.05, 0) is 30.3 Å². The summed E-state index contributed by atoms with van der Waals surface area (Å²) in [5.74, 6) is -0.310. The Hall–Kier alpha value is -1.33. The summed E-state index contributed by atoms with van der Waals surface area (Å²) in [4.78, 5) is 1.28. The standard InChI is InChI=1S/C13H10BrFN2S/c14-8-5-6-11(9(7-8)13(16)17)18-12-4-2-1-3-10(12)15/h1-7H,(H3,16,17). The molecule has 0 atom stereocenters. The summed E-state index contributed by atoms with van der Waals surface area (Å²) in [6.45, 7) is 0. The molecule has 0 fully saturated rings. The number of nitrogens with two attached hydrogens (primary N) is 1. The van der Waals surface area contributed by atoms with Gasteiger partial charge in [0, 0.05) is 19.8 Å². The Morgan fingerprint density at radius 3 is 2.56 bits per heavy atom. The van der Waals surface area contributed by atoms with E-state index in [0.717, 1.165) is 9.37 Å². The van der Waals surface area contributed by atoms with Crippen LogP contribution in [0.15, 0.2) is 56.7 Å². The second-order valence-electron chi connectivity index (χ2n) is 3.59. The van der Waals surface area contributed by atoms with Crippen LogP contribution in [0.5, 0.6) is 0 Å². The Balaban J connectivity index is 2.41. The van der Waals surface area contributed by atoms with Crippen molar-refractivity contribution in [3.8, 4) is 0 Å². The highest BCUT2D eigenvalue weighted by Crippen LogP contribution is 2.33. The molecule has 0 saturated carbocycles. The summed E-state index contributed by atoms with van der Waals surface area (Å²) in [6, 6.07) is 11.9. The number of benzene rings is 2.